The molecule has 1 unspecified atom stereocenters. The maximum Gasteiger partial charge on any atom is 0.390 e. The molecule has 1 fully saturated rings. The summed E-state index contributed by atoms with van der Waals surface area (Å²) < 4.78 is 61.8. The first-order valence-electron chi connectivity index (χ1n) is 5.66. The fourth-order valence-electron chi connectivity index (χ4n) is 1.78. The van der Waals surface area contributed by atoms with Crippen LogP contribution in [0.25, 0.3) is 0 Å². The number of alkyl halides is 3. The SMILES string of the molecule is O=C(O)C1CCCN(S(=O)(=O)NCCC(F)(F)F)C1. The molecule has 1 saturated heterocycles. The van der Waals surface area contributed by atoms with Crippen molar-refractivity contribution in [1.82, 2.24) is 9.03 Å². The summed E-state index contributed by atoms with van der Waals surface area (Å²) >= 11 is 0. The summed E-state index contributed by atoms with van der Waals surface area (Å²) in [6.45, 7) is -0.845. The van der Waals surface area contributed by atoms with E-state index in [1.807, 2.05) is 4.72 Å². The highest BCUT2D eigenvalue weighted by atomic mass is 32.2. The molecule has 2 N–H and O–H groups in total. The Morgan fingerprint density at radius 3 is 2.58 bits per heavy atom. The van der Waals surface area contributed by atoms with Crippen LogP contribution in [0.2, 0.25) is 0 Å². The summed E-state index contributed by atoms with van der Waals surface area (Å²) in [7, 11) is -4.05. The largest absolute Gasteiger partial charge is 0.481 e. The Bertz CT molecular complexity index is 424. The van der Waals surface area contributed by atoms with E-state index >= 15 is 0 Å². The molecule has 0 saturated carbocycles. The Kier molecular flexibility index (Phi) is 5.16. The number of hydrogen-bond donors (Lipinski definition) is 2. The van der Waals surface area contributed by atoms with Crippen LogP contribution in [-0.2, 0) is 15.0 Å². The van der Waals surface area contributed by atoms with Crippen LogP contribution in [0.1, 0.15) is 19.3 Å². The van der Waals surface area contributed by atoms with Crippen molar-refractivity contribution >= 4 is 16.2 Å². The van der Waals surface area contributed by atoms with Gasteiger partial charge in [-0.2, -0.15) is 25.9 Å². The minimum Gasteiger partial charge on any atom is -0.481 e. The fraction of sp³-hybridized carbons (Fsp3) is 0.889. The molecule has 1 aliphatic heterocycles. The number of carbonyl (C=O) groups is 1. The first-order valence-corrected chi connectivity index (χ1v) is 7.10. The number of halogens is 3. The molecule has 0 aromatic carbocycles. The first kappa shape index (κ1) is 16.2. The van der Waals surface area contributed by atoms with Gasteiger partial charge in [-0.25, -0.2) is 4.72 Å². The number of carboxylic acid groups (broad SMARTS) is 1. The van der Waals surface area contributed by atoms with Crippen LogP contribution in [0, 0.1) is 5.92 Å². The van der Waals surface area contributed by atoms with Gasteiger partial charge < -0.3 is 5.11 Å². The van der Waals surface area contributed by atoms with E-state index in [0.717, 1.165) is 4.31 Å². The molecule has 0 aromatic rings. The maximum absolute atomic E-state index is 11.9. The molecule has 6 nitrogen and oxygen atoms in total. The lowest BCUT2D eigenvalue weighted by Gasteiger charge is -2.29. The van der Waals surface area contributed by atoms with Crippen molar-refractivity contribution in [2.45, 2.75) is 25.4 Å². The second kappa shape index (κ2) is 6.06. The van der Waals surface area contributed by atoms with E-state index in [2.05, 4.69) is 0 Å². The second-order valence-electron chi connectivity index (χ2n) is 4.30. The van der Waals surface area contributed by atoms with Crippen LogP contribution >= 0.6 is 0 Å². The van der Waals surface area contributed by atoms with Gasteiger partial charge in [0, 0.05) is 19.6 Å². The molecule has 0 bridgehead atoms. The van der Waals surface area contributed by atoms with Crippen molar-refractivity contribution in [1.29, 1.82) is 0 Å². The molecular formula is C9H15F3N2O4S. The van der Waals surface area contributed by atoms with Crippen LogP contribution in [0.3, 0.4) is 0 Å². The zero-order valence-corrected chi connectivity index (χ0v) is 10.8. The van der Waals surface area contributed by atoms with E-state index in [1.165, 1.54) is 0 Å². The van der Waals surface area contributed by atoms with Gasteiger partial charge >= 0.3 is 12.1 Å². The fourth-order valence-corrected chi connectivity index (χ4v) is 3.06. The second-order valence-corrected chi connectivity index (χ2v) is 6.06. The molecule has 1 heterocycles. The lowest BCUT2D eigenvalue weighted by molar-refractivity contribution is -0.142. The Hall–Kier alpha value is -0.870. The first-order chi connectivity index (χ1) is 8.62. The van der Waals surface area contributed by atoms with Gasteiger partial charge in [0.1, 0.15) is 0 Å². The van der Waals surface area contributed by atoms with Crippen LogP contribution in [0.15, 0.2) is 0 Å². The maximum atomic E-state index is 11.9. The molecule has 19 heavy (non-hydrogen) atoms. The number of aliphatic carboxylic acids is 1. The summed E-state index contributed by atoms with van der Waals surface area (Å²) in [6, 6.07) is 0. The van der Waals surface area contributed by atoms with Gasteiger partial charge in [0.05, 0.1) is 12.3 Å². The van der Waals surface area contributed by atoms with Gasteiger partial charge in [0.2, 0.25) is 0 Å². The van der Waals surface area contributed by atoms with Crippen molar-refractivity contribution in [3.8, 4) is 0 Å². The highest BCUT2D eigenvalue weighted by molar-refractivity contribution is 7.87. The standard InChI is InChI=1S/C9H15F3N2O4S/c10-9(11,12)3-4-13-19(17,18)14-5-1-2-7(6-14)8(15)16/h7,13H,1-6H2,(H,15,16). The van der Waals surface area contributed by atoms with Crippen molar-refractivity contribution in [3.05, 3.63) is 0 Å². The average molecular weight is 304 g/mol. The minimum absolute atomic E-state index is 0.116. The predicted molar refractivity (Wildman–Crippen MR) is 59.5 cm³/mol. The third-order valence-corrected chi connectivity index (χ3v) is 4.35. The third-order valence-electron chi connectivity index (χ3n) is 2.77. The van der Waals surface area contributed by atoms with E-state index in [1.54, 1.807) is 0 Å². The van der Waals surface area contributed by atoms with E-state index in [0.29, 0.717) is 12.8 Å². The molecule has 1 atom stereocenters. The predicted octanol–water partition coefficient (Wildman–Crippen LogP) is 0.570. The molecule has 0 spiro atoms. The molecule has 10 heteroatoms. The number of nitrogens with zero attached hydrogens (tertiary/aromatic N) is 1. The summed E-state index contributed by atoms with van der Waals surface area (Å²) in [5.74, 6) is -1.91. The Balaban J connectivity index is 2.55. The highest BCUT2D eigenvalue weighted by Gasteiger charge is 2.33. The van der Waals surface area contributed by atoms with Crippen LogP contribution in [-0.4, -0.2) is 49.6 Å². The molecule has 112 valence electrons. The summed E-state index contributed by atoms with van der Waals surface area (Å²) in [4.78, 5) is 10.8. The smallest absolute Gasteiger partial charge is 0.390 e. The summed E-state index contributed by atoms with van der Waals surface area (Å²) in [6.07, 6.45) is -4.96. The van der Waals surface area contributed by atoms with Gasteiger partial charge in [0.25, 0.3) is 10.2 Å². The Morgan fingerprint density at radius 1 is 1.42 bits per heavy atom. The van der Waals surface area contributed by atoms with Crippen LogP contribution < -0.4 is 4.72 Å². The van der Waals surface area contributed by atoms with Crippen molar-refractivity contribution < 1.29 is 31.5 Å². The van der Waals surface area contributed by atoms with Gasteiger partial charge in [-0.1, -0.05) is 0 Å². The van der Waals surface area contributed by atoms with Crippen LogP contribution in [0.4, 0.5) is 13.2 Å². The number of rotatable bonds is 5. The van der Waals surface area contributed by atoms with Crippen molar-refractivity contribution in [2.75, 3.05) is 19.6 Å². The summed E-state index contributed by atoms with van der Waals surface area (Å²) in [5.41, 5.74) is 0. The summed E-state index contributed by atoms with van der Waals surface area (Å²) in [5, 5.41) is 8.81. The lowest BCUT2D eigenvalue weighted by atomic mass is 10.0. The zero-order chi connectivity index (χ0) is 14.7. The molecule has 0 aromatic heterocycles. The zero-order valence-electron chi connectivity index (χ0n) is 9.98. The number of carboxylic acids is 1. The molecule has 0 aliphatic carbocycles. The molecule has 0 radical (unpaired) electrons. The van der Waals surface area contributed by atoms with Gasteiger partial charge in [0.15, 0.2) is 0 Å². The lowest BCUT2D eigenvalue weighted by Crippen LogP contribution is -2.47. The molecule has 1 rings (SSSR count). The molecular weight excluding hydrogens is 289 g/mol. The van der Waals surface area contributed by atoms with Gasteiger partial charge in [-0.3, -0.25) is 4.79 Å². The molecule has 0 amide bonds. The van der Waals surface area contributed by atoms with E-state index in [4.69, 9.17) is 5.11 Å². The monoisotopic (exact) mass is 304 g/mol. The number of piperidine rings is 1. The minimum atomic E-state index is -4.44. The van der Waals surface area contributed by atoms with E-state index in [-0.39, 0.29) is 13.1 Å². The normalized spacial score (nSPS) is 22.4. The highest BCUT2D eigenvalue weighted by Crippen LogP contribution is 2.20. The van der Waals surface area contributed by atoms with Crippen LogP contribution in [0.5, 0.6) is 0 Å². The quantitative estimate of drug-likeness (QED) is 0.777. The number of hydrogen-bond acceptors (Lipinski definition) is 3. The van der Waals surface area contributed by atoms with Crippen molar-refractivity contribution in [2.24, 2.45) is 5.92 Å². The van der Waals surface area contributed by atoms with Gasteiger partial charge in [-0.05, 0) is 12.8 Å². The third kappa shape index (κ3) is 5.33. The Labute approximate surface area is 108 Å². The topological polar surface area (TPSA) is 86.7 Å². The number of nitrogens with one attached hydrogen (secondary N) is 1. The molecule has 1 aliphatic rings. The van der Waals surface area contributed by atoms with E-state index in [9.17, 15) is 26.4 Å². The van der Waals surface area contributed by atoms with Gasteiger partial charge in [-0.15, -0.1) is 0 Å². The average Bonchev–Trinajstić information content (AvgIpc) is 2.27. The van der Waals surface area contributed by atoms with Crippen molar-refractivity contribution in [3.63, 3.8) is 0 Å². The van der Waals surface area contributed by atoms with E-state index < -0.39 is 41.2 Å². The Morgan fingerprint density at radius 2 is 2.05 bits per heavy atom.